The highest BCUT2D eigenvalue weighted by Crippen LogP contribution is 2.31. The highest BCUT2D eigenvalue weighted by atomic mass is 32.1. The Labute approximate surface area is 169 Å². The molecule has 0 aliphatic heterocycles. The zero-order chi connectivity index (χ0) is 19.8. The molecule has 2 aromatic heterocycles. The summed E-state index contributed by atoms with van der Waals surface area (Å²) in [4.78, 5) is 18.1. The number of aromatic nitrogens is 3. The number of carbonyl (C=O) groups is 1. The van der Waals surface area contributed by atoms with E-state index in [0.29, 0.717) is 6.42 Å². The second kappa shape index (κ2) is 7.51. The van der Waals surface area contributed by atoms with Gasteiger partial charge in [0, 0.05) is 16.1 Å². The topological polar surface area (TPSA) is 59.8 Å². The fourth-order valence-corrected chi connectivity index (χ4v) is 4.85. The molecule has 0 saturated heterocycles. The first kappa shape index (κ1) is 18.9. The Hall–Kier alpha value is -2.47. The van der Waals surface area contributed by atoms with Gasteiger partial charge in [0.05, 0.1) is 35.0 Å². The zero-order valence-electron chi connectivity index (χ0n) is 16.9. The Bertz CT molecular complexity index is 1030. The number of carbonyl (C=O) groups excluding carboxylic acids is 1. The molecule has 0 unspecified atom stereocenters. The first-order valence-corrected chi connectivity index (χ1v) is 10.6. The number of nitrogens with zero attached hydrogens (tertiary/aromatic N) is 3. The van der Waals surface area contributed by atoms with Crippen LogP contribution in [-0.2, 0) is 17.6 Å². The molecular weight excluding hydrogens is 368 g/mol. The minimum Gasteiger partial charge on any atom is -0.349 e. The fraction of sp³-hybridized carbons (Fsp3) is 0.409. The van der Waals surface area contributed by atoms with Gasteiger partial charge in [0.1, 0.15) is 0 Å². The first-order valence-electron chi connectivity index (χ1n) is 9.79. The molecule has 1 atom stereocenters. The Morgan fingerprint density at radius 1 is 1.25 bits per heavy atom. The molecule has 1 amide bonds. The molecule has 1 aliphatic carbocycles. The Kier molecular flexibility index (Phi) is 5.06. The van der Waals surface area contributed by atoms with Crippen molar-refractivity contribution >= 4 is 17.2 Å². The summed E-state index contributed by atoms with van der Waals surface area (Å²) in [5, 5.41) is 8.90. The summed E-state index contributed by atoms with van der Waals surface area (Å²) in [6, 6.07) is 6.47. The molecule has 0 bridgehead atoms. The number of aryl methyl sites for hydroxylation is 4. The third-order valence-corrected chi connectivity index (χ3v) is 6.65. The molecule has 1 aromatic carbocycles. The van der Waals surface area contributed by atoms with Crippen LogP contribution in [0.5, 0.6) is 0 Å². The number of rotatable bonds is 4. The van der Waals surface area contributed by atoms with Crippen LogP contribution in [0.15, 0.2) is 24.4 Å². The van der Waals surface area contributed by atoms with Gasteiger partial charge in [-0.25, -0.2) is 9.67 Å². The molecule has 3 aromatic rings. The van der Waals surface area contributed by atoms with Crippen LogP contribution >= 0.6 is 11.3 Å². The van der Waals surface area contributed by atoms with Gasteiger partial charge in [-0.3, -0.25) is 4.79 Å². The summed E-state index contributed by atoms with van der Waals surface area (Å²) in [6.45, 7) is 8.20. The Morgan fingerprint density at radius 2 is 2.07 bits per heavy atom. The molecule has 28 heavy (non-hydrogen) atoms. The maximum Gasteiger partial charge on any atom is 0.225 e. The minimum atomic E-state index is 0.0332. The number of hydrogen-bond acceptors (Lipinski definition) is 4. The number of nitrogens with one attached hydrogen (secondary N) is 1. The van der Waals surface area contributed by atoms with Crippen LogP contribution in [0.3, 0.4) is 0 Å². The van der Waals surface area contributed by atoms with Crippen molar-refractivity contribution in [2.75, 3.05) is 0 Å². The average molecular weight is 395 g/mol. The van der Waals surface area contributed by atoms with E-state index < -0.39 is 0 Å². The molecule has 1 N–H and O–H groups in total. The SMILES string of the molecule is Cc1nc(C)c(CC(=O)N[C@@H]2CCCc3c2cnn3-c2ccc(C)c(C)c2)s1. The van der Waals surface area contributed by atoms with E-state index in [1.807, 2.05) is 24.7 Å². The second-order valence-electron chi connectivity index (χ2n) is 7.66. The van der Waals surface area contributed by atoms with Gasteiger partial charge in [0.2, 0.25) is 5.91 Å². The van der Waals surface area contributed by atoms with E-state index in [9.17, 15) is 4.79 Å². The van der Waals surface area contributed by atoms with Crippen molar-refractivity contribution in [3.63, 3.8) is 0 Å². The number of hydrogen-bond donors (Lipinski definition) is 1. The maximum atomic E-state index is 12.7. The molecule has 0 fully saturated rings. The van der Waals surface area contributed by atoms with Crippen LogP contribution in [0, 0.1) is 27.7 Å². The van der Waals surface area contributed by atoms with E-state index in [1.165, 1.54) is 16.8 Å². The molecule has 6 heteroatoms. The standard InChI is InChI=1S/C22H26N4OS/c1-13-8-9-17(10-14(13)2)26-20-7-5-6-19(18(20)12-23-26)25-22(27)11-21-15(3)24-16(4)28-21/h8-10,12,19H,5-7,11H2,1-4H3,(H,25,27)/t19-/m1/s1. The van der Waals surface area contributed by atoms with Gasteiger partial charge in [0.15, 0.2) is 0 Å². The molecule has 0 saturated carbocycles. The summed E-state index contributed by atoms with van der Waals surface area (Å²) < 4.78 is 2.04. The number of fused-ring (bicyclic) bond motifs is 1. The molecule has 146 valence electrons. The van der Waals surface area contributed by atoms with Crippen molar-refractivity contribution in [3.05, 3.63) is 62.4 Å². The third kappa shape index (κ3) is 3.61. The average Bonchev–Trinajstić information content (AvgIpc) is 3.21. The van der Waals surface area contributed by atoms with Gasteiger partial charge in [-0.2, -0.15) is 5.10 Å². The van der Waals surface area contributed by atoms with Gasteiger partial charge in [-0.1, -0.05) is 6.07 Å². The summed E-state index contributed by atoms with van der Waals surface area (Å²) in [6.07, 6.45) is 5.32. The van der Waals surface area contributed by atoms with Gasteiger partial charge in [0.25, 0.3) is 0 Å². The zero-order valence-corrected chi connectivity index (χ0v) is 17.7. The number of benzene rings is 1. The lowest BCUT2D eigenvalue weighted by molar-refractivity contribution is -0.121. The lowest BCUT2D eigenvalue weighted by atomic mass is 9.92. The van der Waals surface area contributed by atoms with Crippen molar-refractivity contribution in [1.29, 1.82) is 0 Å². The highest BCUT2D eigenvalue weighted by molar-refractivity contribution is 7.11. The van der Waals surface area contributed by atoms with Gasteiger partial charge in [-0.05, 0) is 70.2 Å². The van der Waals surface area contributed by atoms with Crippen LogP contribution in [0.2, 0.25) is 0 Å². The van der Waals surface area contributed by atoms with E-state index in [1.54, 1.807) is 11.3 Å². The van der Waals surface area contributed by atoms with Crippen molar-refractivity contribution in [2.24, 2.45) is 0 Å². The van der Waals surface area contributed by atoms with E-state index in [2.05, 4.69) is 47.4 Å². The molecule has 5 nitrogen and oxygen atoms in total. The summed E-state index contributed by atoms with van der Waals surface area (Å²) >= 11 is 1.61. The molecule has 4 rings (SSSR count). The van der Waals surface area contributed by atoms with Gasteiger partial charge >= 0.3 is 0 Å². The quantitative estimate of drug-likeness (QED) is 0.718. The molecule has 2 heterocycles. The van der Waals surface area contributed by atoms with Crippen LogP contribution in [-0.4, -0.2) is 20.7 Å². The number of thiazole rings is 1. The van der Waals surface area contributed by atoms with Crippen molar-refractivity contribution in [3.8, 4) is 5.69 Å². The monoisotopic (exact) mass is 394 g/mol. The fourth-order valence-electron chi connectivity index (χ4n) is 3.92. The van der Waals surface area contributed by atoms with Crippen LogP contribution in [0.4, 0.5) is 0 Å². The third-order valence-electron chi connectivity index (χ3n) is 5.57. The molecule has 0 radical (unpaired) electrons. The number of amides is 1. The van der Waals surface area contributed by atoms with Crippen molar-refractivity contribution in [2.45, 2.75) is 59.4 Å². The lowest BCUT2D eigenvalue weighted by Crippen LogP contribution is -2.32. The largest absolute Gasteiger partial charge is 0.349 e. The van der Waals surface area contributed by atoms with E-state index in [0.717, 1.165) is 46.1 Å². The predicted octanol–water partition coefficient (Wildman–Crippen LogP) is 4.30. The molecule has 0 spiro atoms. The lowest BCUT2D eigenvalue weighted by Gasteiger charge is -2.24. The Morgan fingerprint density at radius 3 is 2.79 bits per heavy atom. The maximum absolute atomic E-state index is 12.7. The van der Waals surface area contributed by atoms with E-state index in [4.69, 9.17) is 0 Å². The Balaban J connectivity index is 1.54. The second-order valence-corrected chi connectivity index (χ2v) is 8.95. The highest BCUT2D eigenvalue weighted by Gasteiger charge is 2.26. The smallest absolute Gasteiger partial charge is 0.225 e. The van der Waals surface area contributed by atoms with Crippen LogP contribution < -0.4 is 5.32 Å². The molecule has 1 aliphatic rings. The van der Waals surface area contributed by atoms with Gasteiger partial charge < -0.3 is 5.32 Å². The summed E-state index contributed by atoms with van der Waals surface area (Å²) in [7, 11) is 0. The minimum absolute atomic E-state index is 0.0332. The first-order chi connectivity index (χ1) is 13.4. The summed E-state index contributed by atoms with van der Waals surface area (Å²) in [5.41, 5.74) is 6.96. The van der Waals surface area contributed by atoms with Crippen molar-refractivity contribution in [1.82, 2.24) is 20.1 Å². The normalized spacial score (nSPS) is 16.1. The van der Waals surface area contributed by atoms with E-state index in [-0.39, 0.29) is 11.9 Å². The summed E-state index contributed by atoms with van der Waals surface area (Å²) in [5.74, 6) is 0.0588. The van der Waals surface area contributed by atoms with E-state index >= 15 is 0 Å². The van der Waals surface area contributed by atoms with Crippen molar-refractivity contribution < 1.29 is 4.79 Å². The van der Waals surface area contributed by atoms with Gasteiger partial charge in [-0.15, -0.1) is 11.3 Å². The van der Waals surface area contributed by atoms with Crippen LogP contribution in [0.1, 0.15) is 56.8 Å². The predicted molar refractivity (Wildman–Crippen MR) is 112 cm³/mol. The van der Waals surface area contributed by atoms with Crippen LogP contribution in [0.25, 0.3) is 5.69 Å². The molecular formula is C22H26N4OS.